The fourth-order valence-electron chi connectivity index (χ4n) is 4.33. The van der Waals surface area contributed by atoms with Crippen LogP contribution in [0.2, 0.25) is 0 Å². The molecule has 0 aliphatic carbocycles. The van der Waals surface area contributed by atoms with Crippen molar-refractivity contribution in [2.45, 2.75) is 17.3 Å². The number of nitrogens with zero attached hydrogens (tertiary/aromatic N) is 3. The van der Waals surface area contributed by atoms with E-state index in [1.54, 1.807) is 18.4 Å². The summed E-state index contributed by atoms with van der Waals surface area (Å²) < 4.78 is 14.0. The predicted molar refractivity (Wildman–Crippen MR) is 128 cm³/mol. The molecule has 2 atom stereocenters. The number of fused-ring (bicyclic) bond motifs is 3. The lowest BCUT2D eigenvalue weighted by molar-refractivity contribution is 0.226. The zero-order chi connectivity index (χ0) is 21.7. The van der Waals surface area contributed by atoms with Gasteiger partial charge in [-0.25, -0.2) is 4.68 Å². The first-order valence-corrected chi connectivity index (χ1v) is 12.3. The largest absolute Gasteiger partial charge is 0.497 e. The van der Waals surface area contributed by atoms with Crippen LogP contribution in [0.4, 0.5) is 5.95 Å². The maximum absolute atomic E-state index is 6.61. The van der Waals surface area contributed by atoms with Crippen LogP contribution in [0.5, 0.6) is 11.5 Å². The van der Waals surface area contributed by atoms with Gasteiger partial charge in [-0.15, -0.1) is 16.4 Å². The van der Waals surface area contributed by atoms with E-state index in [1.165, 1.54) is 11.8 Å². The SMILES string of the molecule is COc1ccc([C@H]2C3=C(Nc4nc(SC)nn42)c2ccccc2O[C@@H]3c2cccs2)cc1. The number of anilines is 1. The third-order valence-electron chi connectivity index (χ3n) is 5.78. The van der Waals surface area contributed by atoms with Crippen LogP contribution >= 0.6 is 23.1 Å². The summed E-state index contributed by atoms with van der Waals surface area (Å²) in [7, 11) is 1.68. The van der Waals surface area contributed by atoms with Crippen LogP contribution in [0.15, 0.2) is 76.8 Å². The highest BCUT2D eigenvalue weighted by Crippen LogP contribution is 2.51. The molecule has 4 heterocycles. The summed E-state index contributed by atoms with van der Waals surface area (Å²) in [5.74, 6) is 2.42. The minimum absolute atomic E-state index is 0.166. The topological polar surface area (TPSA) is 61.2 Å². The van der Waals surface area contributed by atoms with Gasteiger partial charge in [-0.3, -0.25) is 0 Å². The molecule has 0 bridgehead atoms. The van der Waals surface area contributed by atoms with Gasteiger partial charge < -0.3 is 14.8 Å². The number of hydrogen-bond donors (Lipinski definition) is 1. The van der Waals surface area contributed by atoms with Crippen molar-refractivity contribution in [3.05, 3.63) is 87.6 Å². The van der Waals surface area contributed by atoms with Crippen molar-refractivity contribution in [2.24, 2.45) is 0 Å². The van der Waals surface area contributed by atoms with Crippen LogP contribution in [0, 0.1) is 0 Å². The Morgan fingerprint density at radius 3 is 2.69 bits per heavy atom. The number of aromatic nitrogens is 3. The van der Waals surface area contributed by atoms with E-state index in [-0.39, 0.29) is 12.1 Å². The zero-order valence-electron chi connectivity index (χ0n) is 17.5. The Morgan fingerprint density at radius 1 is 1.09 bits per heavy atom. The second kappa shape index (κ2) is 7.72. The van der Waals surface area contributed by atoms with E-state index in [2.05, 4.69) is 41.0 Å². The third-order valence-corrected chi connectivity index (χ3v) is 7.23. The summed E-state index contributed by atoms with van der Waals surface area (Å²) in [4.78, 5) is 5.89. The Morgan fingerprint density at radius 2 is 1.94 bits per heavy atom. The monoisotopic (exact) mass is 460 g/mol. The summed E-state index contributed by atoms with van der Waals surface area (Å²) in [6, 6.07) is 20.3. The number of rotatable bonds is 4. The Hall–Kier alpha value is -3.23. The van der Waals surface area contributed by atoms with Crippen molar-refractivity contribution in [1.29, 1.82) is 0 Å². The average Bonchev–Trinajstić information content (AvgIpc) is 3.52. The molecule has 160 valence electrons. The van der Waals surface area contributed by atoms with Crippen molar-refractivity contribution in [3.63, 3.8) is 0 Å². The average molecular weight is 461 g/mol. The molecule has 4 aromatic rings. The van der Waals surface area contributed by atoms with Gasteiger partial charge in [-0.05, 0) is 47.5 Å². The Kier molecular flexibility index (Phi) is 4.69. The molecule has 2 aliphatic heterocycles. The van der Waals surface area contributed by atoms with Crippen LogP contribution < -0.4 is 14.8 Å². The van der Waals surface area contributed by atoms with Gasteiger partial charge in [0.2, 0.25) is 11.1 Å². The summed E-state index contributed by atoms with van der Waals surface area (Å²) >= 11 is 3.23. The van der Waals surface area contributed by atoms with Gasteiger partial charge >= 0.3 is 0 Å². The molecular formula is C24H20N4O2S2. The molecule has 0 unspecified atom stereocenters. The van der Waals surface area contributed by atoms with Crippen LogP contribution in [0.1, 0.15) is 28.1 Å². The minimum atomic E-state index is -0.227. The van der Waals surface area contributed by atoms with E-state index in [4.69, 9.17) is 19.6 Å². The second-order valence-corrected chi connectivity index (χ2v) is 9.26. The van der Waals surface area contributed by atoms with Crippen molar-refractivity contribution in [1.82, 2.24) is 14.8 Å². The first kappa shape index (κ1) is 19.5. The van der Waals surface area contributed by atoms with E-state index in [9.17, 15) is 0 Å². The summed E-state index contributed by atoms with van der Waals surface area (Å²) in [6.07, 6.45) is 1.76. The zero-order valence-corrected chi connectivity index (χ0v) is 19.1. The highest BCUT2D eigenvalue weighted by molar-refractivity contribution is 7.98. The van der Waals surface area contributed by atoms with E-state index >= 15 is 0 Å². The molecule has 32 heavy (non-hydrogen) atoms. The fourth-order valence-corrected chi connectivity index (χ4v) is 5.45. The first-order valence-electron chi connectivity index (χ1n) is 10.2. The number of thiophene rings is 1. The number of nitrogens with one attached hydrogen (secondary N) is 1. The first-order chi connectivity index (χ1) is 15.8. The Balaban J connectivity index is 1.61. The highest BCUT2D eigenvalue weighted by Gasteiger charge is 2.41. The second-order valence-electron chi connectivity index (χ2n) is 7.51. The van der Waals surface area contributed by atoms with Crippen molar-refractivity contribution in [3.8, 4) is 11.5 Å². The molecule has 6 nitrogen and oxygen atoms in total. The summed E-state index contributed by atoms with van der Waals surface area (Å²) in [6.45, 7) is 0. The number of hydrogen-bond acceptors (Lipinski definition) is 7. The molecular weight excluding hydrogens is 440 g/mol. The lowest BCUT2D eigenvalue weighted by Crippen LogP contribution is -2.32. The number of methoxy groups -OCH3 is 1. The predicted octanol–water partition coefficient (Wildman–Crippen LogP) is 5.63. The molecule has 2 aromatic heterocycles. The lowest BCUT2D eigenvalue weighted by atomic mass is 9.86. The fraction of sp³-hybridized carbons (Fsp3) is 0.167. The molecule has 8 heteroatoms. The van der Waals surface area contributed by atoms with Gasteiger partial charge in [0, 0.05) is 16.0 Å². The maximum atomic E-state index is 6.61. The van der Waals surface area contributed by atoms with Crippen LogP contribution in [-0.2, 0) is 0 Å². The van der Waals surface area contributed by atoms with Gasteiger partial charge in [0.05, 0.1) is 12.8 Å². The van der Waals surface area contributed by atoms with E-state index in [0.717, 1.165) is 49.9 Å². The Labute approximate surface area is 193 Å². The normalized spacial score (nSPS) is 18.8. The molecule has 6 rings (SSSR count). The van der Waals surface area contributed by atoms with Crippen molar-refractivity contribution in [2.75, 3.05) is 18.7 Å². The van der Waals surface area contributed by atoms with Crippen LogP contribution in [-0.4, -0.2) is 28.1 Å². The molecule has 2 aliphatic rings. The van der Waals surface area contributed by atoms with E-state index < -0.39 is 0 Å². The molecule has 0 fully saturated rings. The van der Waals surface area contributed by atoms with Gasteiger partial charge in [0.15, 0.2) is 6.10 Å². The maximum Gasteiger partial charge on any atom is 0.227 e. The summed E-state index contributed by atoms with van der Waals surface area (Å²) in [5, 5.41) is 11.2. The standard InChI is InChI=1S/C24H20N4O2S2/c1-29-15-11-9-14(10-12-15)21-19-20(25-23-26-24(31-2)27-28(21)23)16-6-3-4-7-17(16)30-22(19)18-8-5-13-32-18/h3-13,21-22H,1-2H3,(H,25,26,27)/t21-,22+/m0/s1. The molecule has 0 saturated heterocycles. The van der Waals surface area contributed by atoms with E-state index in [1.807, 2.05) is 41.3 Å². The molecule has 2 aromatic carbocycles. The number of para-hydroxylation sites is 1. The summed E-state index contributed by atoms with van der Waals surface area (Å²) in [5.41, 5.74) is 4.30. The van der Waals surface area contributed by atoms with Crippen LogP contribution in [0.25, 0.3) is 5.70 Å². The third kappa shape index (κ3) is 3.02. The molecule has 1 N–H and O–H groups in total. The molecule has 0 saturated carbocycles. The van der Waals surface area contributed by atoms with Gasteiger partial charge in [0.25, 0.3) is 0 Å². The Bertz CT molecular complexity index is 1310. The molecule has 0 radical (unpaired) electrons. The van der Waals surface area contributed by atoms with Crippen LogP contribution in [0.3, 0.4) is 0 Å². The molecule has 0 amide bonds. The lowest BCUT2D eigenvalue weighted by Gasteiger charge is -2.38. The minimum Gasteiger partial charge on any atom is -0.497 e. The van der Waals surface area contributed by atoms with Crippen molar-refractivity contribution >= 4 is 34.7 Å². The molecule has 0 spiro atoms. The smallest absolute Gasteiger partial charge is 0.227 e. The number of benzene rings is 2. The van der Waals surface area contributed by atoms with Crippen molar-refractivity contribution < 1.29 is 9.47 Å². The van der Waals surface area contributed by atoms with Gasteiger partial charge in [-0.2, -0.15) is 4.98 Å². The number of ether oxygens (including phenoxy) is 2. The quantitative estimate of drug-likeness (QED) is 0.398. The van der Waals surface area contributed by atoms with Gasteiger partial charge in [0.1, 0.15) is 17.5 Å². The van der Waals surface area contributed by atoms with Gasteiger partial charge in [-0.1, -0.05) is 42.1 Å². The number of thioether (sulfide) groups is 1. The highest BCUT2D eigenvalue weighted by atomic mass is 32.2. The van der Waals surface area contributed by atoms with E-state index in [0.29, 0.717) is 0 Å².